The van der Waals surface area contributed by atoms with Gasteiger partial charge in [0.1, 0.15) is 11.1 Å². The summed E-state index contributed by atoms with van der Waals surface area (Å²) in [6.45, 7) is 0. The van der Waals surface area contributed by atoms with Gasteiger partial charge in [-0.25, -0.2) is 4.79 Å². The van der Waals surface area contributed by atoms with Crippen molar-refractivity contribution in [3.8, 4) is 34.3 Å². The maximum atomic E-state index is 12.3. The van der Waals surface area contributed by atoms with E-state index in [0.717, 1.165) is 0 Å². The van der Waals surface area contributed by atoms with E-state index in [2.05, 4.69) is 10.1 Å². The van der Waals surface area contributed by atoms with Crippen LogP contribution in [0.5, 0.6) is 11.5 Å². The minimum atomic E-state index is -0.577. The van der Waals surface area contributed by atoms with E-state index in [1.54, 1.807) is 49.6 Å². The highest BCUT2D eigenvalue weighted by molar-refractivity contribution is 6.31. The molecule has 0 saturated heterocycles. The average molecular weight is 385 g/mol. The molecule has 2 heterocycles. The summed E-state index contributed by atoms with van der Waals surface area (Å²) in [6, 6.07) is 11.8. The Balaban J connectivity index is 1.78. The molecule has 0 aliphatic rings. The maximum absolute atomic E-state index is 12.3. The quantitative estimate of drug-likeness (QED) is 0.487. The van der Waals surface area contributed by atoms with Crippen molar-refractivity contribution in [2.24, 2.45) is 0 Å². The number of benzene rings is 2. The van der Waals surface area contributed by atoms with Gasteiger partial charge in [-0.1, -0.05) is 16.8 Å². The Kier molecular flexibility index (Phi) is 4.29. The SMILES string of the molecule is COc1ccc(-c2noc(-c3cc4cc(Cl)ccc4oc3=O)n2)cc1OC. The van der Waals surface area contributed by atoms with Crippen LogP contribution in [-0.4, -0.2) is 24.4 Å². The number of fused-ring (bicyclic) bond motifs is 1. The number of rotatable bonds is 4. The molecule has 0 bridgehead atoms. The van der Waals surface area contributed by atoms with Gasteiger partial charge in [0.15, 0.2) is 11.5 Å². The zero-order chi connectivity index (χ0) is 19.0. The third-order valence-corrected chi connectivity index (χ3v) is 4.23. The molecule has 2 aromatic heterocycles. The molecule has 0 radical (unpaired) electrons. The van der Waals surface area contributed by atoms with Crippen LogP contribution < -0.4 is 15.1 Å². The summed E-state index contributed by atoms with van der Waals surface area (Å²) >= 11 is 6.00. The molecule has 0 unspecified atom stereocenters. The van der Waals surface area contributed by atoms with E-state index in [-0.39, 0.29) is 11.5 Å². The van der Waals surface area contributed by atoms with E-state index >= 15 is 0 Å². The molecule has 8 heteroatoms. The molecule has 27 heavy (non-hydrogen) atoms. The second kappa shape index (κ2) is 6.77. The van der Waals surface area contributed by atoms with Gasteiger partial charge < -0.3 is 18.4 Å². The van der Waals surface area contributed by atoms with E-state index in [1.165, 1.54) is 7.11 Å². The predicted octanol–water partition coefficient (Wildman–Crippen LogP) is 4.18. The van der Waals surface area contributed by atoms with Gasteiger partial charge in [-0.05, 0) is 42.5 Å². The maximum Gasteiger partial charge on any atom is 0.349 e. The van der Waals surface area contributed by atoms with Gasteiger partial charge in [-0.2, -0.15) is 4.98 Å². The number of hydrogen-bond donors (Lipinski definition) is 0. The molecule has 4 rings (SSSR count). The summed E-state index contributed by atoms with van der Waals surface area (Å²) in [5.41, 5.74) is 0.653. The Bertz CT molecular complexity index is 1200. The second-order valence-electron chi connectivity index (χ2n) is 5.62. The smallest absolute Gasteiger partial charge is 0.349 e. The average Bonchev–Trinajstić information content (AvgIpc) is 3.17. The van der Waals surface area contributed by atoms with Crippen molar-refractivity contribution in [2.75, 3.05) is 14.2 Å². The highest BCUT2D eigenvalue weighted by atomic mass is 35.5. The van der Waals surface area contributed by atoms with Gasteiger partial charge in [0.2, 0.25) is 5.82 Å². The lowest BCUT2D eigenvalue weighted by molar-refractivity contribution is 0.355. The summed E-state index contributed by atoms with van der Waals surface area (Å²) in [4.78, 5) is 16.6. The lowest BCUT2D eigenvalue weighted by Gasteiger charge is -2.07. The highest BCUT2D eigenvalue weighted by Crippen LogP contribution is 2.32. The van der Waals surface area contributed by atoms with Crippen molar-refractivity contribution in [3.63, 3.8) is 0 Å². The molecule has 0 aliphatic heterocycles. The number of hydrogen-bond acceptors (Lipinski definition) is 7. The Labute approximate surface area is 158 Å². The molecule has 0 saturated carbocycles. The number of methoxy groups -OCH3 is 2. The largest absolute Gasteiger partial charge is 0.493 e. The van der Waals surface area contributed by atoms with E-state index in [9.17, 15) is 4.79 Å². The summed E-state index contributed by atoms with van der Waals surface area (Å²) in [6.07, 6.45) is 0. The van der Waals surface area contributed by atoms with Crippen molar-refractivity contribution in [1.82, 2.24) is 10.1 Å². The summed E-state index contributed by atoms with van der Waals surface area (Å²) in [5.74, 6) is 1.46. The topological polar surface area (TPSA) is 87.6 Å². The van der Waals surface area contributed by atoms with E-state index in [0.29, 0.717) is 38.9 Å². The third kappa shape index (κ3) is 3.13. The number of ether oxygens (including phenoxy) is 2. The first-order valence-corrected chi connectivity index (χ1v) is 8.27. The molecule has 0 atom stereocenters. The van der Waals surface area contributed by atoms with Gasteiger partial charge in [0.05, 0.1) is 14.2 Å². The van der Waals surface area contributed by atoms with Gasteiger partial charge in [0.25, 0.3) is 5.89 Å². The Hall–Kier alpha value is -3.32. The Morgan fingerprint density at radius 3 is 2.59 bits per heavy atom. The molecule has 136 valence electrons. The van der Waals surface area contributed by atoms with Crippen molar-refractivity contribution in [2.45, 2.75) is 0 Å². The lowest BCUT2D eigenvalue weighted by atomic mass is 10.1. The molecular formula is C19H13ClN2O5. The third-order valence-electron chi connectivity index (χ3n) is 3.99. The van der Waals surface area contributed by atoms with Crippen LogP contribution in [0.15, 0.2) is 56.2 Å². The van der Waals surface area contributed by atoms with E-state index < -0.39 is 5.63 Å². The summed E-state index contributed by atoms with van der Waals surface area (Å²) < 4.78 is 21.1. The van der Waals surface area contributed by atoms with Gasteiger partial charge >= 0.3 is 5.63 Å². The van der Waals surface area contributed by atoms with Crippen LogP contribution in [0.25, 0.3) is 33.8 Å². The first-order chi connectivity index (χ1) is 13.1. The number of halogens is 1. The summed E-state index contributed by atoms with van der Waals surface area (Å²) in [5, 5.41) is 5.13. The van der Waals surface area contributed by atoms with Crippen LogP contribution in [0.3, 0.4) is 0 Å². The molecule has 2 aromatic carbocycles. The first kappa shape index (κ1) is 17.1. The Morgan fingerprint density at radius 2 is 1.81 bits per heavy atom. The molecule has 0 fully saturated rings. The van der Waals surface area contributed by atoms with Crippen LogP contribution in [0.4, 0.5) is 0 Å². The molecule has 4 aromatic rings. The molecular weight excluding hydrogens is 372 g/mol. The standard InChI is InChI=1S/C19H13ClN2O5/c1-24-15-5-3-10(9-16(15)25-2)17-21-18(27-22-17)13-8-11-7-12(20)4-6-14(11)26-19(13)23/h3-9H,1-2H3. The normalized spacial score (nSPS) is 10.9. The highest BCUT2D eigenvalue weighted by Gasteiger charge is 2.17. The minimum Gasteiger partial charge on any atom is -0.493 e. The van der Waals surface area contributed by atoms with Crippen LogP contribution in [0.2, 0.25) is 5.02 Å². The second-order valence-corrected chi connectivity index (χ2v) is 6.06. The molecule has 7 nitrogen and oxygen atoms in total. The fraction of sp³-hybridized carbons (Fsp3) is 0.105. The monoisotopic (exact) mass is 384 g/mol. The van der Waals surface area contributed by atoms with Crippen molar-refractivity contribution in [1.29, 1.82) is 0 Å². The van der Waals surface area contributed by atoms with Crippen LogP contribution in [0.1, 0.15) is 0 Å². The van der Waals surface area contributed by atoms with Crippen LogP contribution >= 0.6 is 11.6 Å². The molecule has 0 N–H and O–H groups in total. The van der Waals surface area contributed by atoms with Crippen molar-refractivity contribution < 1.29 is 18.4 Å². The zero-order valence-corrected chi connectivity index (χ0v) is 15.1. The van der Waals surface area contributed by atoms with Crippen molar-refractivity contribution >= 4 is 22.6 Å². The number of aromatic nitrogens is 2. The molecule has 0 aliphatic carbocycles. The number of nitrogens with zero attached hydrogens (tertiary/aromatic N) is 2. The van der Waals surface area contributed by atoms with Crippen LogP contribution in [0, 0.1) is 0 Å². The van der Waals surface area contributed by atoms with Crippen molar-refractivity contribution in [3.05, 3.63) is 57.9 Å². The molecule has 0 amide bonds. The summed E-state index contributed by atoms with van der Waals surface area (Å²) in [7, 11) is 3.09. The lowest BCUT2D eigenvalue weighted by Crippen LogP contribution is -2.02. The van der Waals surface area contributed by atoms with Gasteiger partial charge in [0, 0.05) is 16.0 Å². The van der Waals surface area contributed by atoms with E-state index in [4.69, 9.17) is 30.0 Å². The zero-order valence-electron chi connectivity index (χ0n) is 14.4. The molecule has 0 spiro atoms. The predicted molar refractivity (Wildman–Crippen MR) is 99.3 cm³/mol. The first-order valence-electron chi connectivity index (χ1n) is 7.89. The van der Waals surface area contributed by atoms with Crippen LogP contribution in [-0.2, 0) is 0 Å². The fourth-order valence-corrected chi connectivity index (χ4v) is 2.85. The fourth-order valence-electron chi connectivity index (χ4n) is 2.67. The Morgan fingerprint density at radius 1 is 1.00 bits per heavy atom. The van der Waals surface area contributed by atoms with E-state index in [1.807, 2.05) is 0 Å². The minimum absolute atomic E-state index is 0.0513. The van der Waals surface area contributed by atoms with Gasteiger partial charge in [-0.15, -0.1) is 0 Å². The van der Waals surface area contributed by atoms with Gasteiger partial charge in [-0.3, -0.25) is 0 Å².